The molecule has 0 aromatic heterocycles. The zero-order chi connectivity index (χ0) is 17.6. The molecule has 0 saturated heterocycles. The standard InChI is InChI=1S/C20H22F2O2/c1-20(2,24-13-12-23)14-18(19(21)22)17-10-8-16(9-11-17)15-6-4-3-5-7-15/h3-11,23H,12-14H2,1-2H3. The molecule has 0 saturated carbocycles. The van der Waals surface area contributed by atoms with E-state index in [1.807, 2.05) is 42.5 Å². The second kappa shape index (κ2) is 8.18. The minimum absolute atomic E-state index is 0.0300. The van der Waals surface area contributed by atoms with Crippen LogP contribution in [0.25, 0.3) is 16.7 Å². The van der Waals surface area contributed by atoms with Gasteiger partial charge >= 0.3 is 0 Å². The average molecular weight is 332 g/mol. The zero-order valence-electron chi connectivity index (χ0n) is 13.9. The molecule has 0 amide bonds. The Morgan fingerprint density at radius 3 is 2.08 bits per heavy atom. The number of rotatable bonds is 7. The van der Waals surface area contributed by atoms with Gasteiger partial charge in [-0.1, -0.05) is 54.6 Å². The first-order valence-corrected chi connectivity index (χ1v) is 7.88. The topological polar surface area (TPSA) is 29.5 Å². The molecule has 2 aromatic rings. The zero-order valence-corrected chi connectivity index (χ0v) is 13.9. The van der Waals surface area contributed by atoms with Crippen molar-refractivity contribution in [3.63, 3.8) is 0 Å². The van der Waals surface area contributed by atoms with E-state index in [-0.39, 0.29) is 25.2 Å². The lowest BCUT2D eigenvalue weighted by atomic mass is 9.92. The third kappa shape index (κ3) is 4.98. The third-order valence-electron chi connectivity index (χ3n) is 3.76. The Bertz CT molecular complexity index is 673. The van der Waals surface area contributed by atoms with E-state index in [4.69, 9.17) is 9.84 Å². The Labute approximate surface area is 141 Å². The normalized spacial score (nSPS) is 11.4. The largest absolute Gasteiger partial charge is 0.394 e. The summed E-state index contributed by atoms with van der Waals surface area (Å²) < 4.78 is 32.3. The maximum absolute atomic E-state index is 13.4. The number of hydrogen-bond donors (Lipinski definition) is 1. The molecule has 2 nitrogen and oxygen atoms in total. The summed E-state index contributed by atoms with van der Waals surface area (Å²) in [5.74, 6) is 0. The van der Waals surface area contributed by atoms with Crippen molar-refractivity contribution < 1.29 is 18.6 Å². The Kier molecular flexibility index (Phi) is 6.23. The van der Waals surface area contributed by atoms with Crippen LogP contribution in [0, 0.1) is 0 Å². The molecule has 0 aliphatic heterocycles. The summed E-state index contributed by atoms with van der Waals surface area (Å²) in [6, 6.07) is 16.9. The lowest BCUT2D eigenvalue weighted by Crippen LogP contribution is -2.26. The fourth-order valence-electron chi connectivity index (χ4n) is 2.57. The maximum atomic E-state index is 13.4. The van der Waals surface area contributed by atoms with Gasteiger partial charge < -0.3 is 9.84 Å². The molecule has 0 aliphatic carbocycles. The third-order valence-corrected chi connectivity index (χ3v) is 3.76. The van der Waals surface area contributed by atoms with Gasteiger partial charge in [-0.15, -0.1) is 0 Å². The van der Waals surface area contributed by atoms with E-state index in [2.05, 4.69) is 0 Å². The Morgan fingerprint density at radius 1 is 0.958 bits per heavy atom. The molecule has 4 heteroatoms. The highest BCUT2D eigenvalue weighted by atomic mass is 19.3. The number of aliphatic hydroxyl groups is 1. The summed E-state index contributed by atoms with van der Waals surface area (Å²) in [6.07, 6.45) is -1.64. The summed E-state index contributed by atoms with van der Waals surface area (Å²) in [5.41, 5.74) is 1.70. The van der Waals surface area contributed by atoms with E-state index < -0.39 is 11.7 Å². The Balaban J connectivity index is 2.22. The van der Waals surface area contributed by atoms with Gasteiger partial charge in [0.2, 0.25) is 0 Å². The molecule has 0 aliphatic rings. The van der Waals surface area contributed by atoms with Crippen LogP contribution in [0.4, 0.5) is 8.78 Å². The average Bonchev–Trinajstić information content (AvgIpc) is 2.59. The monoisotopic (exact) mass is 332 g/mol. The molecular formula is C20H22F2O2. The van der Waals surface area contributed by atoms with E-state index in [0.29, 0.717) is 5.56 Å². The quantitative estimate of drug-likeness (QED) is 0.761. The minimum atomic E-state index is -1.71. The minimum Gasteiger partial charge on any atom is -0.394 e. The highest BCUT2D eigenvalue weighted by molar-refractivity contribution is 5.71. The number of benzene rings is 2. The molecule has 0 fully saturated rings. The van der Waals surface area contributed by atoms with E-state index in [0.717, 1.165) is 11.1 Å². The highest BCUT2D eigenvalue weighted by Crippen LogP contribution is 2.32. The molecule has 2 rings (SSSR count). The van der Waals surface area contributed by atoms with Crippen molar-refractivity contribution in [1.29, 1.82) is 0 Å². The first kappa shape index (κ1) is 18.3. The summed E-state index contributed by atoms with van der Waals surface area (Å²) in [4.78, 5) is 0. The van der Waals surface area contributed by atoms with Crippen LogP contribution in [0.15, 0.2) is 60.7 Å². The van der Waals surface area contributed by atoms with Crippen molar-refractivity contribution in [2.75, 3.05) is 13.2 Å². The van der Waals surface area contributed by atoms with Crippen LogP contribution in [-0.2, 0) is 4.74 Å². The Hall–Kier alpha value is -2.04. The van der Waals surface area contributed by atoms with Crippen LogP contribution in [0.2, 0.25) is 0 Å². The van der Waals surface area contributed by atoms with Crippen molar-refractivity contribution in [3.05, 3.63) is 66.2 Å². The Morgan fingerprint density at radius 2 is 1.54 bits per heavy atom. The molecule has 2 aromatic carbocycles. The van der Waals surface area contributed by atoms with Gasteiger partial charge in [-0.2, -0.15) is 8.78 Å². The molecule has 128 valence electrons. The maximum Gasteiger partial charge on any atom is 0.274 e. The van der Waals surface area contributed by atoms with Gasteiger partial charge in [-0.05, 0) is 30.5 Å². The predicted molar refractivity (Wildman–Crippen MR) is 92.7 cm³/mol. The molecule has 0 unspecified atom stereocenters. The molecule has 0 radical (unpaired) electrons. The predicted octanol–water partition coefficient (Wildman–Crippen LogP) is 5.14. The molecule has 0 bridgehead atoms. The van der Waals surface area contributed by atoms with Crippen molar-refractivity contribution in [2.45, 2.75) is 25.9 Å². The van der Waals surface area contributed by atoms with Crippen LogP contribution < -0.4 is 0 Å². The highest BCUT2D eigenvalue weighted by Gasteiger charge is 2.24. The molecule has 1 N–H and O–H groups in total. The summed E-state index contributed by atoms with van der Waals surface area (Å²) in [6.45, 7) is 3.47. The lowest BCUT2D eigenvalue weighted by molar-refractivity contribution is -0.0295. The summed E-state index contributed by atoms with van der Waals surface area (Å²) in [7, 11) is 0. The van der Waals surface area contributed by atoms with Crippen molar-refractivity contribution >= 4 is 5.57 Å². The first-order valence-electron chi connectivity index (χ1n) is 7.88. The second-order valence-corrected chi connectivity index (χ2v) is 6.19. The van der Waals surface area contributed by atoms with E-state index in [1.54, 1.807) is 26.0 Å². The van der Waals surface area contributed by atoms with Crippen LogP contribution in [0.3, 0.4) is 0 Å². The van der Waals surface area contributed by atoms with Gasteiger partial charge in [0, 0.05) is 12.0 Å². The van der Waals surface area contributed by atoms with Gasteiger partial charge in [0.05, 0.1) is 18.8 Å². The number of halogens is 2. The van der Waals surface area contributed by atoms with Crippen LogP contribution >= 0.6 is 0 Å². The van der Waals surface area contributed by atoms with Gasteiger partial charge in [-0.25, -0.2) is 0 Å². The van der Waals surface area contributed by atoms with E-state index >= 15 is 0 Å². The summed E-state index contributed by atoms with van der Waals surface area (Å²) >= 11 is 0. The fraction of sp³-hybridized carbons (Fsp3) is 0.300. The smallest absolute Gasteiger partial charge is 0.274 e. The van der Waals surface area contributed by atoms with Crippen LogP contribution in [0.1, 0.15) is 25.8 Å². The SMILES string of the molecule is CC(C)(CC(=C(F)F)c1ccc(-c2ccccc2)cc1)OCCO. The number of aliphatic hydroxyl groups excluding tert-OH is 1. The molecular weight excluding hydrogens is 310 g/mol. The van der Waals surface area contributed by atoms with E-state index in [9.17, 15) is 8.78 Å². The summed E-state index contributed by atoms with van der Waals surface area (Å²) in [5, 5.41) is 8.84. The lowest BCUT2D eigenvalue weighted by Gasteiger charge is -2.26. The van der Waals surface area contributed by atoms with Crippen molar-refractivity contribution in [1.82, 2.24) is 0 Å². The van der Waals surface area contributed by atoms with Gasteiger partial charge in [0.1, 0.15) is 0 Å². The van der Waals surface area contributed by atoms with E-state index in [1.165, 1.54) is 0 Å². The second-order valence-electron chi connectivity index (χ2n) is 6.19. The molecule has 24 heavy (non-hydrogen) atoms. The first-order chi connectivity index (χ1) is 11.4. The molecule has 0 spiro atoms. The number of ether oxygens (including phenoxy) is 1. The molecule has 0 atom stereocenters. The van der Waals surface area contributed by atoms with Crippen molar-refractivity contribution in [2.24, 2.45) is 0 Å². The van der Waals surface area contributed by atoms with Crippen molar-refractivity contribution in [3.8, 4) is 11.1 Å². The number of hydrogen-bond acceptors (Lipinski definition) is 2. The van der Waals surface area contributed by atoms with Gasteiger partial charge in [0.25, 0.3) is 6.08 Å². The van der Waals surface area contributed by atoms with Crippen LogP contribution in [0.5, 0.6) is 0 Å². The molecule has 0 heterocycles. The van der Waals surface area contributed by atoms with Gasteiger partial charge in [0.15, 0.2) is 0 Å². The van der Waals surface area contributed by atoms with Crippen LogP contribution in [-0.4, -0.2) is 23.9 Å². The van der Waals surface area contributed by atoms with Gasteiger partial charge in [-0.3, -0.25) is 0 Å². The fourth-order valence-corrected chi connectivity index (χ4v) is 2.57.